The Labute approximate surface area is 120 Å². The Morgan fingerprint density at radius 2 is 2.00 bits per heavy atom. The van der Waals surface area contributed by atoms with Crippen molar-refractivity contribution in [3.63, 3.8) is 0 Å². The lowest BCUT2D eigenvalue weighted by Gasteiger charge is -2.09. The fourth-order valence-corrected chi connectivity index (χ4v) is 2.08. The molecule has 0 saturated heterocycles. The van der Waals surface area contributed by atoms with Crippen LogP contribution in [-0.4, -0.2) is 35.3 Å². The van der Waals surface area contributed by atoms with Crippen molar-refractivity contribution in [3.8, 4) is 28.9 Å². The van der Waals surface area contributed by atoms with Crippen LogP contribution in [0, 0.1) is 4.77 Å². The largest absolute Gasteiger partial charge is 0.490 e. The summed E-state index contributed by atoms with van der Waals surface area (Å²) in [5.74, 6) is 2.03. The van der Waals surface area contributed by atoms with Crippen molar-refractivity contribution in [1.82, 2.24) is 15.0 Å². The zero-order chi connectivity index (χ0) is 13.9. The van der Waals surface area contributed by atoms with Crippen molar-refractivity contribution < 1.29 is 14.2 Å². The molecule has 7 heteroatoms. The second-order valence-corrected chi connectivity index (χ2v) is 4.57. The van der Waals surface area contributed by atoms with Crippen molar-refractivity contribution in [2.75, 3.05) is 20.3 Å². The maximum absolute atomic E-state index is 5.66. The standard InChI is InChI=1S/C13H13N3O3S/c1-17-12-14-11(15-13(20)16-12)8-3-4-9-10(7-8)19-6-2-5-18-9/h3-4,7H,2,5-6H2,1H3,(H,14,15,16,20). The van der Waals surface area contributed by atoms with E-state index in [0.29, 0.717) is 30.8 Å². The van der Waals surface area contributed by atoms with Crippen LogP contribution in [0.15, 0.2) is 18.2 Å². The van der Waals surface area contributed by atoms with Gasteiger partial charge in [0, 0.05) is 12.0 Å². The molecule has 2 heterocycles. The summed E-state index contributed by atoms with van der Waals surface area (Å²) < 4.78 is 16.5. The molecule has 0 radical (unpaired) electrons. The van der Waals surface area contributed by atoms with Crippen LogP contribution in [0.2, 0.25) is 0 Å². The number of hydrogen-bond donors (Lipinski definition) is 1. The van der Waals surface area contributed by atoms with Gasteiger partial charge in [-0.05, 0) is 30.4 Å². The number of hydrogen-bond acceptors (Lipinski definition) is 6. The summed E-state index contributed by atoms with van der Waals surface area (Å²) in [5.41, 5.74) is 0.834. The molecule has 0 spiro atoms. The number of rotatable bonds is 2. The molecule has 0 aliphatic carbocycles. The number of H-pyrrole nitrogens is 1. The maximum atomic E-state index is 5.66. The predicted octanol–water partition coefficient (Wildman–Crippen LogP) is 2.37. The van der Waals surface area contributed by atoms with E-state index < -0.39 is 0 Å². The molecule has 1 aromatic carbocycles. The Hall–Kier alpha value is -2.15. The summed E-state index contributed by atoms with van der Waals surface area (Å²) in [5, 5.41) is 0. The second kappa shape index (κ2) is 5.46. The molecule has 104 valence electrons. The molecule has 1 N–H and O–H groups in total. The molecular weight excluding hydrogens is 278 g/mol. The average molecular weight is 291 g/mol. The van der Waals surface area contributed by atoms with Crippen LogP contribution in [0.25, 0.3) is 11.4 Å². The fraction of sp³-hybridized carbons (Fsp3) is 0.308. The molecule has 6 nitrogen and oxygen atoms in total. The minimum absolute atomic E-state index is 0.225. The van der Waals surface area contributed by atoms with Gasteiger partial charge in [-0.1, -0.05) is 0 Å². The van der Waals surface area contributed by atoms with Crippen molar-refractivity contribution in [2.45, 2.75) is 6.42 Å². The molecule has 0 amide bonds. The zero-order valence-electron chi connectivity index (χ0n) is 10.9. The van der Waals surface area contributed by atoms with Crippen molar-refractivity contribution in [2.24, 2.45) is 0 Å². The van der Waals surface area contributed by atoms with Gasteiger partial charge in [-0.15, -0.1) is 0 Å². The van der Waals surface area contributed by atoms with Crippen molar-refractivity contribution >= 4 is 12.2 Å². The average Bonchev–Trinajstić information content (AvgIpc) is 2.70. The second-order valence-electron chi connectivity index (χ2n) is 4.20. The van der Waals surface area contributed by atoms with Gasteiger partial charge in [0.05, 0.1) is 20.3 Å². The first kappa shape index (κ1) is 12.9. The lowest BCUT2D eigenvalue weighted by molar-refractivity contribution is 0.297. The van der Waals surface area contributed by atoms with Crippen LogP contribution >= 0.6 is 12.2 Å². The normalized spacial score (nSPS) is 13.7. The van der Waals surface area contributed by atoms with Gasteiger partial charge in [0.2, 0.25) is 4.77 Å². The summed E-state index contributed by atoms with van der Waals surface area (Å²) in [6.07, 6.45) is 0.869. The Kier molecular flexibility index (Phi) is 3.51. The third-order valence-corrected chi connectivity index (χ3v) is 3.03. The molecule has 1 aromatic heterocycles. The SMILES string of the molecule is COc1nc(=S)nc(-c2ccc3c(c2)OCCCO3)[nH]1. The Morgan fingerprint density at radius 3 is 2.80 bits per heavy atom. The van der Waals surface area contributed by atoms with E-state index in [4.69, 9.17) is 26.4 Å². The zero-order valence-corrected chi connectivity index (χ0v) is 11.7. The van der Waals surface area contributed by atoms with E-state index in [-0.39, 0.29) is 4.77 Å². The third-order valence-electron chi connectivity index (χ3n) is 2.84. The van der Waals surface area contributed by atoms with Gasteiger partial charge in [-0.3, -0.25) is 4.98 Å². The predicted molar refractivity (Wildman–Crippen MR) is 74.8 cm³/mol. The van der Waals surface area contributed by atoms with Crippen molar-refractivity contribution in [1.29, 1.82) is 0 Å². The van der Waals surface area contributed by atoms with Crippen molar-refractivity contribution in [3.05, 3.63) is 23.0 Å². The fourth-order valence-electron chi connectivity index (χ4n) is 1.91. The van der Waals surface area contributed by atoms with E-state index >= 15 is 0 Å². The number of methoxy groups -OCH3 is 1. The van der Waals surface area contributed by atoms with E-state index in [1.54, 1.807) is 0 Å². The van der Waals surface area contributed by atoms with Crippen LogP contribution in [0.1, 0.15) is 6.42 Å². The van der Waals surface area contributed by atoms with Gasteiger partial charge >= 0.3 is 0 Å². The highest BCUT2D eigenvalue weighted by atomic mass is 32.1. The number of aromatic amines is 1. The van der Waals surface area contributed by atoms with E-state index in [9.17, 15) is 0 Å². The number of nitrogens with zero attached hydrogens (tertiary/aromatic N) is 2. The molecule has 0 saturated carbocycles. The van der Waals surface area contributed by atoms with Gasteiger partial charge in [0.25, 0.3) is 6.01 Å². The first-order valence-electron chi connectivity index (χ1n) is 6.18. The third kappa shape index (κ3) is 2.57. The highest BCUT2D eigenvalue weighted by Crippen LogP contribution is 2.33. The maximum Gasteiger partial charge on any atom is 0.297 e. The topological polar surface area (TPSA) is 69.3 Å². The minimum Gasteiger partial charge on any atom is -0.490 e. The van der Waals surface area contributed by atoms with Gasteiger partial charge in [-0.25, -0.2) is 4.98 Å². The summed E-state index contributed by atoms with van der Waals surface area (Å²) in [7, 11) is 1.52. The lowest BCUT2D eigenvalue weighted by atomic mass is 10.2. The monoisotopic (exact) mass is 291 g/mol. The Bertz CT molecular complexity index is 687. The Balaban J connectivity index is 2.04. The van der Waals surface area contributed by atoms with Gasteiger partial charge in [-0.2, -0.15) is 4.98 Å². The van der Waals surface area contributed by atoms with Crippen LogP contribution in [0.5, 0.6) is 17.5 Å². The van der Waals surface area contributed by atoms with Crippen LogP contribution in [0.4, 0.5) is 0 Å². The summed E-state index contributed by atoms with van der Waals surface area (Å²) in [4.78, 5) is 11.1. The molecule has 3 rings (SSSR count). The summed E-state index contributed by atoms with van der Waals surface area (Å²) >= 11 is 5.02. The van der Waals surface area contributed by atoms with Gasteiger partial charge in [0.1, 0.15) is 5.82 Å². The van der Waals surface area contributed by atoms with E-state index in [2.05, 4.69) is 15.0 Å². The smallest absolute Gasteiger partial charge is 0.297 e. The quantitative estimate of drug-likeness (QED) is 0.857. The number of aromatic nitrogens is 3. The molecule has 0 atom stereocenters. The number of fused-ring (bicyclic) bond motifs is 1. The highest BCUT2D eigenvalue weighted by Gasteiger charge is 2.12. The molecule has 0 fully saturated rings. The van der Waals surface area contributed by atoms with E-state index in [1.807, 2.05) is 18.2 Å². The van der Waals surface area contributed by atoms with E-state index in [0.717, 1.165) is 17.7 Å². The Morgan fingerprint density at radius 1 is 1.20 bits per heavy atom. The number of benzene rings is 1. The molecular formula is C13H13N3O3S. The lowest BCUT2D eigenvalue weighted by Crippen LogP contribution is -1.98. The van der Waals surface area contributed by atoms with Crippen LogP contribution < -0.4 is 14.2 Å². The molecule has 1 aliphatic heterocycles. The first-order valence-corrected chi connectivity index (χ1v) is 6.59. The molecule has 1 aliphatic rings. The van der Waals surface area contributed by atoms with Gasteiger partial charge < -0.3 is 14.2 Å². The first-order chi connectivity index (χ1) is 9.76. The molecule has 2 aromatic rings. The number of ether oxygens (including phenoxy) is 3. The molecule has 0 unspecified atom stereocenters. The van der Waals surface area contributed by atoms with E-state index in [1.165, 1.54) is 7.11 Å². The van der Waals surface area contributed by atoms with Crippen LogP contribution in [0.3, 0.4) is 0 Å². The molecule has 20 heavy (non-hydrogen) atoms. The summed E-state index contributed by atoms with van der Waals surface area (Å²) in [6, 6.07) is 5.95. The molecule has 0 bridgehead atoms. The summed E-state index contributed by atoms with van der Waals surface area (Å²) in [6.45, 7) is 1.30. The highest BCUT2D eigenvalue weighted by molar-refractivity contribution is 7.71. The minimum atomic E-state index is 0.225. The number of nitrogens with one attached hydrogen (secondary N) is 1. The van der Waals surface area contributed by atoms with Crippen LogP contribution in [-0.2, 0) is 0 Å². The van der Waals surface area contributed by atoms with Gasteiger partial charge in [0.15, 0.2) is 11.5 Å².